The minimum absolute atomic E-state index is 0.0101. The molecule has 2 aromatic rings. The first-order valence-electron chi connectivity index (χ1n) is 8.31. The van der Waals surface area contributed by atoms with Gasteiger partial charge in [-0.2, -0.15) is 4.72 Å². The second-order valence-electron chi connectivity index (χ2n) is 5.82. The molecule has 0 heterocycles. The van der Waals surface area contributed by atoms with Crippen molar-refractivity contribution in [3.63, 3.8) is 0 Å². The van der Waals surface area contributed by atoms with Crippen molar-refractivity contribution >= 4 is 16.0 Å². The topological polar surface area (TPSA) is 90.9 Å². The number of rotatable bonds is 9. The third-order valence-corrected chi connectivity index (χ3v) is 5.27. The average Bonchev–Trinajstić information content (AvgIpc) is 2.66. The number of carbonyl (C=O) groups is 1. The maximum Gasteiger partial charge on any atom is 0.321 e. The monoisotopic (exact) mass is 393 g/mol. The van der Waals surface area contributed by atoms with Crippen LogP contribution in [0.4, 0.5) is 0 Å². The molecule has 7 nitrogen and oxygen atoms in total. The van der Waals surface area contributed by atoms with Crippen molar-refractivity contribution in [1.29, 1.82) is 0 Å². The van der Waals surface area contributed by atoms with Gasteiger partial charge >= 0.3 is 5.97 Å². The van der Waals surface area contributed by atoms with Crippen LogP contribution >= 0.6 is 0 Å². The van der Waals surface area contributed by atoms with Crippen LogP contribution in [0.1, 0.15) is 11.1 Å². The van der Waals surface area contributed by atoms with Gasteiger partial charge < -0.3 is 14.2 Å². The van der Waals surface area contributed by atoms with Crippen molar-refractivity contribution in [2.45, 2.75) is 18.7 Å². The van der Waals surface area contributed by atoms with E-state index in [-0.39, 0.29) is 18.1 Å². The Morgan fingerprint density at radius 3 is 2.26 bits per heavy atom. The number of benzene rings is 2. The van der Waals surface area contributed by atoms with Crippen LogP contribution in [0.15, 0.2) is 47.4 Å². The Balaban J connectivity index is 1.74. The van der Waals surface area contributed by atoms with Crippen LogP contribution in [0.3, 0.4) is 0 Å². The molecule has 0 saturated heterocycles. The van der Waals surface area contributed by atoms with Crippen LogP contribution in [-0.2, 0) is 19.6 Å². The second kappa shape index (κ2) is 9.38. The molecule has 0 amide bonds. The van der Waals surface area contributed by atoms with Crippen molar-refractivity contribution in [2.24, 2.45) is 0 Å². The number of carbonyl (C=O) groups excluding carboxylic acids is 1. The Kier molecular flexibility index (Phi) is 7.20. The molecule has 0 fully saturated rings. The summed E-state index contributed by atoms with van der Waals surface area (Å²) in [5, 5.41) is 0. The van der Waals surface area contributed by atoms with Crippen molar-refractivity contribution in [3.05, 3.63) is 53.6 Å². The Labute approximate surface area is 159 Å². The van der Waals surface area contributed by atoms with Gasteiger partial charge in [0.1, 0.15) is 31.3 Å². The van der Waals surface area contributed by atoms with Gasteiger partial charge in [0.25, 0.3) is 0 Å². The quantitative estimate of drug-likeness (QED) is 0.519. The van der Waals surface area contributed by atoms with E-state index < -0.39 is 22.5 Å². The number of methoxy groups -OCH3 is 1. The first-order chi connectivity index (χ1) is 12.8. The second-order valence-corrected chi connectivity index (χ2v) is 7.58. The van der Waals surface area contributed by atoms with E-state index in [2.05, 4.69) is 4.72 Å². The lowest BCUT2D eigenvalue weighted by Crippen LogP contribution is -2.31. The summed E-state index contributed by atoms with van der Waals surface area (Å²) < 4.78 is 42.1. The number of ether oxygens (including phenoxy) is 3. The molecular weight excluding hydrogens is 370 g/mol. The van der Waals surface area contributed by atoms with Crippen molar-refractivity contribution in [3.8, 4) is 11.5 Å². The minimum Gasteiger partial charge on any atom is -0.497 e. The van der Waals surface area contributed by atoms with Crippen LogP contribution in [0, 0.1) is 13.8 Å². The third-order valence-electron chi connectivity index (χ3n) is 3.87. The van der Waals surface area contributed by atoms with Crippen molar-refractivity contribution in [2.75, 3.05) is 26.9 Å². The fourth-order valence-electron chi connectivity index (χ4n) is 2.16. The summed E-state index contributed by atoms with van der Waals surface area (Å²) in [7, 11) is -2.20. The van der Waals surface area contributed by atoms with E-state index in [9.17, 15) is 13.2 Å². The summed E-state index contributed by atoms with van der Waals surface area (Å²) in [5.41, 5.74) is 1.85. The molecule has 0 spiro atoms. The zero-order valence-electron chi connectivity index (χ0n) is 15.5. The molecule has 2 aromatic carbocycles. The Morgan fingerprint density at radius 2 is 1.63 bits per heavy atom. The summed E-state index contributed by atoms with van der Waals surface area (Å²) in [6.45, 7) is 3.44. The summed E-state index contributed by atoms with van der Waals surface area (Å²) in [6.07, 6.45) is 0. The van der Waals surface area contributed by atoms with Crippen LogP contribution in [0.5, 0.6) is 11.5 Å². The molecule has 0 unspecified atom stereocenters. The molecule has 0 atom stereocenters. The highest BCUT2D eigenvalue weighted by atomic mass is 32.2. The Hall–Kier alpha value is -2.58. The highest BCUT2D eigenvalue weighted by Gasteiger charge is 2.16. The van der Waals surface area contributed by atoms with E-state index in [0.29, 0.717) is 11.5 Å². The summed E-state index contributed by atoms with van der Waals surface area (Å²) >= 11 is 0. The van der Waals surface area contributed by atoms with Gasteiger partial charge in [-0.25, -0.2) is 8.42 Å². The number of nitrogens with one attached hydrogen (secondary N) is 1. The van der Waals surface area contributed by atoms with Crippen LogP contribution in [-0.4, -0.2) is 41.3 Å². The molecule has 1 N–H and O–H groups in total. The van der Waals surface area contributed by atoms with Crippen molar-refractivity contribution in [1.82, 2.24) is 4.72 Å². The fourth-order valence-corrected chi connectivity index (χ4v) is 3.21. The van der Waals surface area contributed by atoms with E-state index in [1.54, 1.807) is 43.5 Å². The SMILES string of the molecule is COc1ccc(OCCOC(=O)CNS(=O)(=O)c2ccc(C)c(C)c2)cc1. The molecule has 0 saturated carbocycles. The minimum atomic E-state index is -3.77. The number of aryl methyl sites for hydroxylation is 2. The van der Waals surface area contributed by atoms with E-state index in [0.717, 1.165) is 11.1 Å². The van der Waals surface area contributed by atoms with Gasteiger partial charge in [-0.05, 0) is 61.4 Å². The van der Waals surface area contributed by atoms with Crippen LogP contribution in [0.2, 0.25) is 0 Å². The van der Waals surface area contributed by atoms with Gasteiger partial charge in [-0.1, -0.05) is 6.07 Å². The highest BCUT2D eigenvalue weighted by molar-refractivity contribution is 7.89. The van der Waals surface area contributed by atoms with E-state index in [4.69, 9.17) is 14.2 Å². The van der Waals surface area contributed by atoms with Crippen molar-refractivity contribution < 1.29 is 27.4 Å². The van der Waals surface area contributed by atoms with Gasteiger partial charge in [0.15, 0.2) is 0 Å². The largest absolute Gasteiger partial charge is 0.497 e. The normalized spacial score (nSPS) is 11.1. The van der Waals surface area contributed by atoms with Gasteiger partial charge in [0.05, 0.1) is 12.0 Å². The lowest BCUT2D eigenvalue weighted by molar-refractivity contribution is -0.142. The first-order valence-corrected chi connectivity index (χ1v) is 9.79. The zero-order valence-corrected chi connectivity index (χ0v) is 16.3. The number of sulfonamides is 1. The predicted molar refractivity (Wildman–Crippen MR) is 101 cm³/mol. The maximum atomic E-state index is 12.2. The van der Waals surface area contributed by atoms with Gasteiger partial charge in [-0.15, -0.1) is 0 Å². The molecule has 0 bridgehead atoms. The molecule has 0 aliphatic carbocycles. The Bertz CT molecular complexity index is 878. The summed E-state index contributed by atoms with van der Waals surface area (Å²) in [5.74, 6) is 0.646. The standard InChI is InChI=1S/C19H23NO6S/c1-14-4-9-18(12-15(14)2)27(22,23)20-13-19(21)26-11-10-25-17-7-5-16(24-3)6-8-17/h4-9,12,20H,10-11,13H2,1-3H3. The molecule has 0 aliphatic rings. The summed E-state index contributed by atoms with van der Waals surface area (Å²) in [4.78, 5) is 11.8. The first kappa shape index (κ1) is 20.7. The molecule has 0 radical (unpaired) electrons. The number of hydrogen-bond donors (Lipinski definition) is 1. The van der Waals surface area contributed by atoms with E-state index in [1.165, 1.54) is 6.07 Å². The Morgan fingerprint density at radius 1 is 0.963 bits per heavy atom. The smallest absolute Gasteiger partial charge is 0.321 e. The maximum absolute atomic E-state index is 12.2. The molecule has 8 heteroatoms. The molecule has 0 aromatic heterocycles. The van der Waals surface area contributed by atoms with E-state index >= 15 is 0 Å². The van der Waals surface area contributed by atoms with E-state index in [1.807, 2.05) is 13.8 Å². The lowest BCUT2D eigenvalue weighted by atomic mass is 10.1. The molecule has 0 aliphatic heterocycles. The zero-order chi connectivity index (χ0) is 19.9. The molecule has 146 valence electrons. The number of esters is 1. The lowest BCUT2D eigenvalue weighted by Gasteiger charge is -2.10. The third kappa shape index (κ3) is 6.26. The molecule has 27 heavy (non-hydrogen) atoms. The van der Waals surface area contributed by atoms with Crippen LogP contribution < -0.4 is 14.2 Å². The van der Waals surface area contributed by atoms with Gasteiger partial charge in [-0.3, -0.25) is 4.79 Å². The predicted octanol–water partition coefficient (Wildman–Crippen LogP) is 2.21. The summed E-state index contributed by atoms with van der Waals surface area (Å²) in [6, 6.07) is 11.8. The average molecular weight is 393 g/mol. The van der Waals surface area contributed by atoms with Gasteiger partial charge in [0.2, 0.25) is 10.0 Å². The fraction of sp³-hybridized carbons (Fsp3) is 0.316. The molecular formula is C19H23NO6S. The van der Waals surface area contributed by atoms with Crippen LogP contribution in [0.25, 0.3) is 0 Å². The molecule has 2 rings (SSSR count). The number of hydrogen-bond acceptors (Lipinski definition) is 6. The highest BCUT2D eigenvalue weighted by Crippen LogP contribution is 2.17. The van der Waals surface area contributed by atoms with Gasteiger partial charge in [0, 0.05) is 0 Å².